The Morgan fingerprint density at radius 2 is 2.11 bits per heavy atom. The number of carbonyl (C=O) groups excluding carboxylic acids is 2. The fourth-order valence-corrected chi connectivity index (χ4v) is 3.75. The van der Waals surface area contributed by atoms with Crippen molar-refractivity contribution in [3.63, 3.8) is 0 Å². The normalized spacial score (nSPS) is 13.9. The average Bonchev–Trinajstić information content (AvgIpc) is 3.63. The number of nitrogens with zero attached hydrogens (tertiary/aromatic N) is 3. The van der Waals surface area contributed by atoms with Crippen LogP contribution in [0.15, 0.2) is 55.0 Å². The van der Waals surface area contributed by atoms with Gasteiger partial charge in [0.15, 0.2) is 0 Å². The van der Waals surface area contributed by atoms with E-state index in [2.05, 4.69) is 20.7 Å². The molecule has 0 radical (unpaired) electrons. The van der Waals surface area contributed by atoms with Crippen molar-refractivity contribution in [2.24, 2.45) is 5.92 Å². The van der Waals surface area contributed by atoms with Crippen LogP contribution in [0.2, 0.25) is 5.02 Å². The second kappa shape index (κ2) is 12.5. The summed E-state index contributed by atoms with van der Waals surface area (Å²) in [4.78, 5) is 28.6. The summed E-state index contributed by atoms with van der Waals surface area (Å²) in [5.74, 6) is 0.691. The largest absolute Gasteiger partial charge is 0.493 e. The number of aliphatic hydroxyl groups is 1. The van der Waals surface area contributed by atoms with E-state index in [0.717, 1.165) is 23.5 Å². The minimum Gasteiger partial charge on any atom is -0.493 e. The molecule has 10 heteroatoms. The number of carbonyl (C=O) groups is 2. The first-order valence-electron chi connectivity index (χ1n) is 12.2. The summed E-state index contributed by atoms with van der Waals surface area (Å²) < 4.78 is 7.59. The maximum absolute atomic E-state index is 12.6. The minimum atomic E-state index is -0.451. The molecule has 1 aromatic carbocycles. The number of pyridine rings is 1. The quantitative estimate of drug-likeness (QED) is 0.335. The molecule has 3 N–H and O–H groups in total. The molecule has 0 bridgehead atoms. The topological polar surface area (TPSA) is 118 Å². The van der Waals surface area contributed by atoms with Crippen molar-refractivity contribution in [2.45, 2.75) is 32.4 Å². The third-order valence-corrected chi connectivity index (χ3v) is 6.13. The maximum atomic E-state index is 12.6. The van der Waals surface area contributed by atoms with Gasteiger partial charge in [-0.25, -0.2) is 0 Å². The molecule has 1 saturated carbocycles. The summed E-state index contributed by atoms with van der Waals surface area (Å²) in [6.45, 7) is 3.06. The zero-order valence-corrected chi connectivity index (χ0v) is 21.3. The molecule has 37 heavy (non-hydrogen) atoms. The predicted molar refractivity (Wildman–Crippen MR) is 141 cm³/mol. The van der Waals surface area contributed by atoms with Gasteiger partial charge in [-0.2, -0.15) is 5.10 Å². The molecule has 0 aliphatic heterocycles. The molecule has 4 rings (SSSR count). The van der Waals surface area contributed by atoms with Gasteiger partial charge >= 0.3 is 0 Å². The van der Waals surface area contributed by atoms with Crippen LogP contribution in [0.4, 0.5) is 0 Å². The predicted octanol–water partition coefficient (Wildman–Crippen LogP) is 3.32. The number of aliphatic hydroxyl groups excluding tert-OH is 1. The highest BCUT2D eigenvalue weighted by atomic mass is 35.5. The number of halogens is 1. The Hall–Kier alpha value is -3.69. The van der Waals surface area contributed by atoms with Gasteiger partial charge in [0, 0.05) is 41.1 Å². The second-order valence-corrected chi connectivity index (χ2v) is 9.42. The number of rotatable bonds is 12. The molecular weight excluding hydrogens is 494 g/mol. The summed E-state index contributed by atoms with van der Waals surface area (Å²) in [7, 11) is 0. The Morgan fingerprint density at radius 1 is 1.27 bits per heavy atom. The molecule has 1 aliphatic rings. The molecule has 194 valence electrons. The first-order valence-corrected chi connectivity index (χ1v) is 12.6. The van der Waals surface area contributed by atoms with Gasteiger partial charge in [-0.15, -0.1) is 0 Å². The lowest BCUT2D eigenvalue weighted by Gasteiger charge is -2.10. The number of ether oxygens (including phenoxy) is 1. The minimum absolute atomic E-state index is 0.109. The fourth-order valence-electron chi connectivity index (χ4n) is 3.52. The van der Waals surface area contributed by atoms with Gasteiger partial charge in [0.2, 0.25) is 0 Å². The van der Waals surface area contributed by atoms with E-state index in [9.17, 15) is 9.59 Å². The first-order chi connectivity index (χ1) is 17.9. The Labute approximate surface area is 220 Å². The molecule has 1 aliphatic carbocycles. The van der Waals surface area contributed by atoms with Gasteiger partial charge in [-0.1, -0.05) is 29.8 Å². The van der Waals surface area contributed by atoms with E-state index >= 15 is 0 Å². The summed E-state index contributed by atoms with van der Waals surface area (Å²) in [5.41, 5.74) is 2.25. The van der Waals surface area contributed by atoms with E-state index in [1.54, 1.807) is 10.9 Å². The van der Waals surface area contributed by atoms with Crippen LogP contribution in [0.3, 0.4) is 0 Å². The van der Waals surface area contributed by atoms with E-state index in [0.29, 0.717) is 23.0 Å². The van der Waals surface area contributed by atoms with Crippen molar-refractivity contribution in [2.75, 3.05) is 19.8 Å². The Morgan fingerprint density at radius 3 is 2.86 bits per heavy atom. The summed E-state index contributed by atoms with van der Waals surface area (Å²) in [5, 5.41) is 19.3. The Bertz CT molecular complexity index is 1270. The van der Waals surface area contributed by atoms with E-state index in [-0.39, 0.29) is 30.8 Å². The zero-order valence-electron chi connectivity index (χ0n) is 20.6. The van der Waals surface area contributed by atoms with Gasteiger partial charge in [0.05, 0.1) is 26.0 Å². The summed E-state index contributed by atoms with van der Waals surface area (Å²) >= 11 is 6.46. The third kappa shape index (κ3) is 7.90. The second-order valence-electron chi connectivity index (χ2n) is 9.01. The van der Waals surface area contributed by atoms with Crippen LogP contribution >= 0.6 is 11.6 Å². The van der Waals surface area contributed by atoms with E-state index in [4.69, 9.17) is 21.4 Å². The van der Waals surface area contributed by atoms with E-state index < -0.39 is 5.91 Å². The lowest BCUT2D eigenvalue weighted by molar-refractivity contribution is 0.0939. The van der Waals surface area contributed by atoms with Gasteiger partial charge in [-0.3, -0.25) is 19.3 Å². The highest BCUT2D eigenvalue weighted by molar-refractivity contribution is 6.31. The fraction of sp³-hybridized carbons (Fsp3) is 0.333. The number of nitrogens with one attached hydrogen (secondary N) is 2. The Kier molecular flexibility index (Phi) is 8.92. The summed E-state index contributed by atoms with van der Waals surface area (Å²) in [6, 6.07) is 8.43. The van der Waals surface area contributed by atoms with Crippen molar-refractivity contribution in [3.05, 3.63) is 82.4 Å². The number of hydrogen-bond donors (Lipinski definition) is 3. The smallest absolute Gasteiger partial charge is 0.269 e. The lowest BCUT2D eigenvalue weighted by atomic mass is 10.2. The molecule has 0 unspecified atom stereocenters. The summed E-state index contributed by atoms with van der Waals surface area (Å²) in [6.07, 6.45) is 11.3. The average molecular weight is 524 g/mol. The number of amides is 2. The van der Waals surface area contributed by atoms with E-state index in [1.165, 1.54) is 31.2 Å². The first kappa shape index (κ1) is 26.4. The monoisotopic (exact) mass is 523 g/mol. The molecule has 1 fully saturated rings. The van der Waals surface area contributed by atoms with Crippen LogP contribution in [0.1, 0.15) is 51.7 Å². The van der Waals surface area contributed by atoms with Gasteiger partial charge in [0.1, 0.15) is 11.4 Å². The van der Waals surface area contributed by atoms with Crippen LogP contribution in [0.5, 0.6) is 5.75 Å². The zero-order chi connectivity index (χ0) is 26.2. The lowest BCUT2D eigenvalue weighted by Crippen LogP contribution is -2.32. The third-order valence-electron chi connectivity index (χ3n) is 5.78. The van der Waals surface area contributed by atoms with E-state index in [1.807, 2.05) is 43.5 Å². The molecule has 2 heterocycles. The van der Waals surface area contributed by atoms with Crippen molar-refractivity contribution >= 4 is 29.5 Å². The SMILES string of the molecule is C[C@@H](/C=C/c1cnn(Cc2ccc(OCC3CC3)cc2Cl)c1)NC(=O)c1ccnc(C(=O)NCCO)c1. The standard InChI is InChI=1S/C27H30ClN5O4/c1-18(32-26(35)21-8-9-29-25(12-21)27(36)30-10-11-34)2-3-20-14-31-33(15-20)16-22-6-7-23(13-24(22)28)37-17-19-4-5-19/h2-3,6-9,12-15,18-19,34H,4-5,10-11,16-17H2,1H3,(H,30,36)(H,32,35)/b3-2+/t18-/m0/s1. The van der Waals surface area contributed by atoms with Gasteiger partial charge in [0.25, 0.3) is 11.8 Å². The molecule has 9 nitrogen and oxygen atoms in total. The maximum Gasteiger partial charge on any atom is 0.269 e. The van der Waals surface area contributed by atoms with Gasteiger partial charge in [-0.05, 0) is 55.5 Å². The molecule has 2 aromatic heterocycles. The van der Waals surface area contributed by atoms with Crippen LogP contribution < -0.4 is 15.4 Å². The number of benzene rings is 1. The molecule has 3 aromatic rings. The highest BCUT2D eigenvalue weighted by Gasteiger charge is 2.22. The molecule has 1 atom stereocenters. The van der Waals surface area contributed by atoms with Crippen molar-refractivity contribution in [1.82, 2.24) is 25.4 Å². The highest BCUT2D eigenvalue weighted by Crippen LogP contribution is 2.30. The van der Waals surface area contributed by atoms with Crippen molar-refractivity contribution < 1.29 is 19.4 Å². The molecule has 2 amide bonds. The molecular formula is C27H30ClN5O4. The Balaban J connectivity index is 1.29. The molecule has 0 spiro atoms. The number of hydrogen-bond acceptors (Lipinski definition) is 6. The van der Waals surface area contributed by atoms with Crippen molar-refractivity contribution in [1.29, 1.82) is 0 Å². The van der Waals surface area contributed by atoms with Crippen LogP contribution in [0, 0.1) is 5.92 Å². The molecule has 0 saturated heterocycles. The van der Waals surface area contributed by atoms with Crippen LogP contribution in [-0.2, 0) is 6.54 Å². The van der Waals surface area contributed by atoms with Crippen molar-refractivity contribution in [3.8, 4) is 5.75 Å². The van der Waals surface area contributed by atoms with Crippen LogP contribution in [-0.4, -0.2) is 57.5 Å². The van der Waals surface area contributed by atoms with Crippen LogP contribution in [0.25, 0.3) is 6.08 Å². The van der Waals surface area contributed by atoms with Gasteiger partial charge < -0.3 is 20.5 Å². The number of aromatic nitrogens is 3.